The second-order valence-electron chi connectivity index (χ2n) is 6.00. The van der Waals surface area contributed by atoms with Crippen LogP contribution in [0.5, 0.6) is 5.75 Å². The fourth-order valence-corrected chi connectivity index (χ4v) is 2.72. The van der Waals surface area contributed by atoms with Gasteiger partial charge in [0.15, 0.2) is 6.61 Å². The van der Waals surface area contributed by atoms with Gasteiger partial charge in [-0.2, -0.15) is 0 Å². The summed E-state index contributed by atoms with van der Waals surface area (Å²) in [7, 11) is 0. The minimum absolute atomic E-state index is 0.0393. The number of ether oxygens (including phenoxy) is 2. The molecule has 0 aliphatic rings. The molecule has 2 aromatic carbocycles. The van der Waals surface area contributed by atoms with Gasteiger partial charge in [-0.1, -0.05) is 29.8 Å². The van der Waals surface area contributed by atoms with E-state index in [0.29, 0.717) is 11.3 Å². The van der Waals surface area contributed by atoms with Gasteiger partial charge in [-0.25, -0.2) is 4.79 Å². The molecule has 6 nitrogen and oxygen atoms in total. The first-order valence-electron chi connectivity index (χ1n) is 7.92. The van der Waals surface area contributed by atoms with Gasteiger partial charge in [-0.15, -0.1) is 0 Å². The van der Waals surface area contributed by atoms with Crippen molar-refractivity contribution in [2.75, 3.05) is 6.61 Å². The normalized spacial score (nSPS) is 11.7. The molecule has 0 aliphatic carbocycles. The molecule has 0 amide bonds. The minimum atomic E-state index is -0.601. The first-order chi connectivity index (χ1) is 11.8. The van der Waals surface area contributed by atoms with Crippen molar-refractivity contribution in [1.82, 2.24) is 0 Å². The highest BCUT2D eigenvalue weighted by Crippen LogP contribution is 2.25. The zero-order chi connectivity index (χ0) is 18.6. The van der Waals surface area contributed by atoms with E-state index in [4.69, 9.17) is 9.47 Å². The number of hydrogen-bond acceptors (Lipinski definition) is 5. The van der Waals surface area contributed by atoms with Crippen LogP contribution in [-0.2, 0) is 9.53 Å². The van der Waals surface area contributed by atoms with E-state index in [9.17, 15) is 14.9 Å². The van der Waals surface area contributed by atoms with Gasteiger partial charge in [-0.3, -0.25) is 10.1 Å². The van der Waals surface area contributed by atoms with Crippen LogP contribution in [0.25, 0.3) is 0 Å². The van der Waals surface area contributed by atoms with Gasteiger partial charge < -0.3 is 9.47 Å². The third-order valence-corrected chi connectivity index (χ3v) is 3.80. The molecule has 0 saturated heterocycles. The molecule has 0 aliphatic heterocycles. The Balaban J connectivity index is 1.98. The molecule has 2 aromatic rings. The first kappa shape index (κ1) is 18.4. The molecular formula is C19H21NO5. The lowest BCUT2D eigenvalue weighted by molar-refractivity contribution is -0.385. The molecule has 6 heteroatoms. The summed E-state index contributed by atoms with van der Waals surface area (Å²) in [6, 6.07) is 10.0. The maximum absolute atomic E-state index is 12.0. The smallest absolute Gasteiger partial charge is 0.344 e. The van der Waals surface area contributed by atoms with Gasteiger partial charge in [0.2, 0.25) is 0 Å². The van der Waals surface area contributed by atoms with Crippen LogP contribution in [0.15, 0.2) is 36.4 Å². The molecule has 0 N–H and O–H groups in total. The number of nitrogens with zero attached hydrogens (tertiary/aromatic N) is 1. The molecule has 0 fully saturated rings. The molecule has 0 bridgehead atoms. The Hall–Kier alpha value is -2.89. The summed E-state index contributed by atoms with van der Waals surface area (Å²) in [5, 5.41) is 10.8. The van der Waals surface area contributed by atoms with Crippen LogP contribution < -0.4 is 4.74 Å². The van der Waals surface area contributed by atoms with Crippen LogP contribution in [0.3, 0.4) is 0 Å². The number of non-ortho nitro benzene ring substituents is 1. The SMILES string of the molecule is Cc1cc(C)c(OCC(=O)O[C@H](C)c2cccc([N+](=O)[O-])c2)c(C)c1. The fourth-order valence-electron chi connectivity index (χ4n) is 2.72. The van der Waals surface area contributed by atoms with Gasteiger partial charge in [-0.05, 0) is 44.4 Å². The van der Waals surface area contributed by atoms with Crippen LogP contribution in [0, 0.1) is 30.9 Å². The highest BCUT2D eigenvalue weighted by atomic mass is 16.6. The summed E-state index contributed by atoms with van der Waals surface area (Å²) in [6.07, 6.45) is -0.601. The van der Waals surface area contributed by atoms with Crippen LogP contribution in [0.4, 0.5) is 5.69 Å². The topological polar surface area (TPSA) is 78.7 Å². The van der Waals surface area contributed by atoms with Crippen LogP contribution in [0.2, 0.25) is 0 Å². The van der Waals surface area contributed by atoms with Crippen molar-refractivity contribution in [3.05, 3.63) is 68.8 Å². The standard InChI is InChI=1S/C19H21NO5/c1-12-8-13(2)19(14(3)9-12)24-11-18(21)25-15(4)16-6-5-7-17(10-16)20(22)23/h5-10,15H,11H2,1-4H3/t15-/m1/s1. The summed E-state index contributed by atoms with van der Waals surface area (Å²) in [6.45, 7) is 7.29. The van der Waals surface area contributed by atoms with E-state index in [1.54, 1.807) is 19.1 Å². The van der Waals surface area contributed by atoms with Crippen molar-refractivity contribution in [3.63, 3.8) is 0 Å². The highest BCUT2D eigenvalue weighted by molar-refractivity contribution is 5.71. The van der Waals surface area contributed by atoms with Crippen molar-refractivity contribution < 1.29 is 19.2 Å². The van der Waals surface area contributed by atoms with Crippen LogP contribution in [0.1, 0.15) is 35.3 Å². The maximum Gasteiger partial charge on any atom is 0.344 e. The number of nitro groups is 1. The predicted octanol–water partition coefficient (Wildman–Crippen LogP) is 4.20. The molecule has 132 valence electrons. The van der Waals surface area contributed by atoms with E-state index in [2.05, 4.69) is 0 Å². The summed E-state index contributed by atoms with van der Waals surface area (Å²) in [5.74, 6) is 0.143. The molecule has 25 heavy (non-hydrogen) atoms. The van der Waals surface area contributed by atoms with Crippen LogP contribution in [-0.4, -0.2) is 17.5 Å². The second kappa shape index (κ2) is 7.79. The number of nitro benzene ring substituents is 1. The number of benzene rings is 2. The lowest BCUT2D eigenvalue weighted by Crippen LogP contribution is -2.17. The molecule has 0 unspecified atom stereocenters. The number of carbonyl (C=O) groups is 1. The molecule has 0 spiro atoms. The Labute approximate surface area is 146 Å². The van der Waals surface area contributed by atoms with Gasteiger partial charge in [0.1, 0.15) is 11.9 Å². The third-order valence-electron chi connectivity index (χ3n) is 3.80. The average molecular weight is 343 g/mol. The van der Waals surface area contributed by atoms with E-state index in [0.717, 1.165) is 16.7 Å². The quantitative estimate of drug-likeness (QED) is 0.446. The Morgan fingerprint density at radius 2 is 1.80 bits per heavy atom. The summed E-state index contributed by atoms with van der Waals surface area (Å²) < 4.78 is 10.9. The summed E-state index contributed by atoms with van der Waals surface area (Å²) in [4.78, 5) is 22.4. The van der Waals surface area contributed by atoms with Crippen molar-refractivity contribution >= 4 is 11.7 Å². The van der Waals surface area contributed by atoms with Crippen molar-refractivity contribution in [1.29, 1.82) is 0 Å². The highest BCUT2D eigenvalue weighted by Gasteiger charge is 2.16. The summed E-state index contributed by atoms with van der Waals surface area (Å²) in [5.41, 5.74) is 3.56. The fraction of sp³-hybridized carbons (Fsp3) is 0.316. The van der Waals surface area contributed by atoms with Crippen molar-refractivity contribution in [3.8, 4) is 5.75 Å². The molecule has 0 saturated carbocycles. The zero-order valence-corrected chi connectivity index (χ0v) is 14.7. The lowest BCUT2D eigenvalue weighted by Gasteiger charge is -2.16. The molecule has 0 heterocycles. The Morgan fingerprint density at radius 3 is 2.40 bits per heavy atom. The van der Waals surface area contributed by atoms with E-state index in [1.165, 1.54) is 12.1 Å². The minimum Gasteiger partial charge on any atom is -0.481 e. The monoisotopic (exact) mass is 343 g/mol. The molecular weight excluding hydrogens is 322 g/mol. The number of carbonyl (C=O) groups excluding carboxylic acids is 1. The largest absolute Gasteiger partial charge is 0.481 e. The third kappa shape index (κ3) is 4.79. The van der Waals surface area contributed by atoms with Crippen molar-refractivity contribution in [2.45, 2.75) is 33.8 Å². The number of rotatable bonds is 6. The van der Waals surface area contributed by atoms with E-state index < -0.39 is 17.0 Å². The zero-order valence-electron chi connectivity index (χ0n) is 14.7. The average Bonchev–Trinajstić information content (AvgIpc) is 2.53. The van der Waals surface area contributed by atoms with E-state index in [-0.39, 0.29) is 12.3 Å². The second-order valence-corrected chi connectivity index (χ2v) is 6.00. The van der Waals surface area contributed by atoms with Gasteiger partial charge in [0.25, 0.3) is 5.69 Å². The maximum atomic E-state index is 12.0. The number of esters is 1. The molecule has 0 radical (unpaired) electrons. The number of hydrogen-bond donors (Lipinski definition) is 0. The molecule has 0 aromatic heterocycles. The Morgan fingerprint density at radius 1 is 1.16 bits per heavy atom. The predicted molar refractivity (Wildman–Crippen MR) is 93.8 cm³/mol. The summed E-state index contributed by atoms with van der Waals surface area (Å²) >= 11 is 0. The van der Waals surface area contributed by atoms with Crippen molar-refractivity contribution in [2.24, 2.45) is 0 Å². The number of aryl methyl sites for hydroxylation is 3. The first-order valence-corrected chi connectivity index (χ1v) is 7.92. The van der Waals surface area contributed by atoms with E-state index >= 15 is 0 Å². The van der Waals surface area contributed by atoms with Gasteiger partial charge in [0.05, 0.1) is 4.92 Å². The molecule has 2 rings (SSSR count). The molecule has 1 atom stereocenters. The van der Waals surface area contributed by atoms with E-state index in [1.807, 2.05) is 32.9 Å². The van der Waals surface area contributed by atoms with Gasteiger partial charge in [0, 0.05) is 12.1 Å². The lowest BCUT2D eigenvalue weighted by atomic mass is 10.1. The van der Waals surface area contributed by atoms with Gasteiger partial charge >= 0.3 is 5.97 Å². The van der Waals surface area contributed by atoms with Crippen LogP contribution >= 0.6 is 0 Å². The Bertz CT molecular complexity index is 777. The Kier molecular flexibility index (Phi) is 5.75.